The van der Waals surface area contributed by atoms with E-state index in [2.05, 4.69) is 27.8 Å². The van der Waals surface area contributed by atoms with Gasteiger partial charge in [-0.2, -0.15) is 0 Å². The number of rotatable bonds is 4. The number of hydrogen-bond acceptors (Lipinski definition) is 1. The maximum Gasteiger partial charge on any atom is 0.123 e. The first kappa shape index (κ1) is 11.4. The molecule has 0 amide bonds. The van der Waals surface area contributed by atoms with Crippen molar-refractivity contribution in [1.29, 1.82) is 0 Å². The van der Waals surface area contributed by atoms with Crippen LogP contribution in [0.3, 0.4) is 0 Å². The SMILES string of the molecule is C=C(C)CNCc1cc(F)ccc1Br. The van der Waals surface area contributed by atoms with Gasteiger partial charge in [0.15, 0.2) is 0 Å². The summed E-state index contributed by atoms with van der Waals surface area (Å²) in [4.78, 5) is 0. The van der Waals surface area contributed by atoms with Gasteiger partial charge in [0.25, 0.3) is 0 Å². The van der Waals surface area contributed by atoms with Crippen LogP contribution in [0, 0.1) is 5.82 Å². The second-order valence-corrected chi connectivity index (χ2v) is 4.15. The summed E-state index contributed by atoms with van der Waals surface area (Å²) in [6.07, 6.45) is 0. The topological polar surface area (TPSA) is 12.0 Å². The van der Waals surface area contributed by atoms with Crippen LogP contribution in [0.25, 0.3) is 0 Å². The maximum atomic E-state index is 12.9. The molecule has 1 aromatic rings. The minimum atomic E-state index is -0.208. The van der Waals surface area contributed by atoms with Crippen molar-refractivity contribution in [2.45, 2.75) is 13.5 Å². The van der Waals surface area contributed by atoms with Gasteiger partial charge in [-0.05, 0) is 30.7 Å². The summed E-state index contributed by atoms with van der Waals surface area (Å²) in [6, 6.07) is 4.68. The van der Waals surface area contributed by atoms with E-state index in [1.165, 1.54) is 12.1 Å². The zero-order valence-corrected chi connectivity index (χ0v) is 9.70. The molecule has 0 saturated carbocycles. The lowest BCUT2D eigenvalue weighted by molar-refractivity contribution is 0.621. The summed E-state index contributed by atoms with van der Waals surface area (Å²) in [7, 11) is 0. The van der Waals surface area contributed by atoms with Gasteiger partial charge in [0.2, 0.25) is 0 Å². The fraction of sp³-hybridized carbons (Fsp3) is 0.273. The quantitative estimate of drug-likeness (QED) is 0.817. The molecule has 0 radical (unpaired) electrons. The maximum absolute atomic E-state index is 12.9. The molecule has 0 aliphatic carbocycles. The first-order valence-corrected chi connectivity index (χ1v) is 5.18. The monoisotopic (exact) mass is 257 g/mol. The molecular weight excluding hydrogens is 245 g/mol. The van der Waals surface area contributed by atoms with E-state index in [0.29, 0.717) is 6.54 Å². The second kappa shape index (κ2) is 5.27. The molecule has 0 heterocycles. The minimum Gasteiger partial charge on any atom is -0.309 e. The smallest absolute Gasteiger partial charge is 0.123 e. The Hall–Kier alpha value is -0.670. The van der Waals surface area contributed by atoms with Crippen LogP contribution in [0.1, 0.15) is 12.5 Å². The zero-order chi connectivity index (χ0) is 10.6. The van der Waals surface area contributed by atoms with Crippen molar-refractivity contribution in [2.75, 3.05) is 6.54 Å². The Labute approximate surface area is 92.1 Å². The largest absolute Gasteiger partial charge is 0.309 e. The second-order valence-electron chi connectivity index (χ2n) is 3.30. The number of halogens is 2. The molecule has 14 heavy (non-hydrogen) atoms. The standard InChI is InChI=1S/C11H13BrFN/c1-8(2)6-14-7-9-5-10(13)3-4-11(9)12/h3-5,14H,1,6-7H2,2H3. The summed E-state index contributed by atoms with van der Waals surface area (Å²) in [5, 5.41) is 3.17. The van der Waals surface area contributed by atoms with E-state index in [-0.39, 0.29) is 5.82 Å². The Kier molecular flexibility index (Phi) is 4.29. The molecular formula is C11H13BrFN. The molecule has 1 rings (SSSR count). The third-order valence-electron chi connectivity index (χ3n) is 1.75. The van der Waals surface area contributed by atoms with Crippen molar-refractivity contribution < 1.29 is 4.39 Å². The van der Waals surface area contributed by atoms with Gasteiger partial charge in [0, 0.05) is 17.6 Å². The van der Waals surface area contributed by atoms with E-state index < -0.39 is 0 Å². The van der Waals surface area contributed by atoms with Crippen molar-refractivity contribution in [1.82, 2.24) is 5.32 Å². The first-order valence-electron chi connectivity index (χ1n) is 4.38. The normalized spacial score (nSPS) is 10.2. The number of benzene rings is 1. The average molecular weight is 258 g/mol. The number of nitrogens with one attached hydrogen (secondary N) is 1. The predicted octanol–water partition coefficient (Wildman–Crippen LogP) is 3.25. The third-order valence-corrected chi connectivity index (χ3v) is 2.52. The Morgan fingerprint density at radius 2 is 2.29 bits per heavy atom. The van der Waals surface area contributed by atoms with Crippen molar-refractivity contribution in [3.05, 3.63) is 46.2 Å². The van der Waals surface area contributed by atoms with Crippen molar-refractivity contribution in [3.8, 4) is 0 Å². The highest BCUT2D eigenvalue weighted by Crippen LogP contribution is 2.17. The van der Waals surface area contributed by atoms with Gasteiger partial charge in [-0.15, -0.1) is 0 Å². The summed E-state index contributed by atoms with van der Waals surface area (Å²) in [6.45, 7) is 7.13. The molecule has 0 fully saturated rings. The zero-order valence-electron chi connectivity index (χ0n) is 8.11. The lowest BCUT2D eigenvalue weighted by Crippen LogP contribution is -2.15. The highest BCUT2D eigenvalue weighted by atomic mass is 79.9. The first-order chi connectivity index (χ1) is 6.59. The molecule has 0 unspecified atom stereocenters. The van der Waals surface area contributed by atoms with Crippen LogP contribution in [0.5, 0.6) is 0 Å². The highest BCUT2D eigenvalue weighted by molar-refractivity contribution is 9.10. The molecule has 0 aliphatic heterocycles. The molecule has 3 heteroatoms. The summed E-state index contributed by atoms with van der Waals surface area (Å²) >= 11 is 3.37. The highest BCUT2D eigenvalue weighted by Gasteiger charge is 2.00. The van der Waals surface area contributed by atoms with Gasteiger partial charge >= 0.3 is 0 Å². The molecule has 0 atom stereocenters. The molecule has 76 valence electrons. The lowest BCUT2D eigenvalue weighted by Gasteiger charge is -2.06. The molecule has 1 nitrogen and oxygen atoms in total. The Morgan fingerprint density at radius 1 is 1.57 bits per heavy atom. The predicted molar refractivity (Wildman–Crippen MR) is 60.6 cm³/mol. The van der Waals surface area contributed by atoms with Crippen LogP contribution < -0.4 is 5.32 Å². The minimum absolute atomic E-state index is 0.208. The van der Waals surface area contributed by atoms with Gasteiger partial charge in [0.05, 0.1) is 0 Å². The summed E-state index contributed by atoms with van der Waals surface area (Å²) in [5.74, 6) is -0.208. The van der Waals surface area contributed by atoms with E-state index in [1.54, 1.807) is 6.07 Å². The Balaban J connectivity index is 2.57. The lowest BCUT2D eigenvalue weighted by atomic mass is 10.2. The van der Waals surface area contributed by atoms with Crippen LogP contribution in [0.4, 0.5) is 4.39 Å². The fourth-order valence-corrected chi connectivity index (χ4v) is 1.48. The Morgan fingerprint density at radius 3 is 2.93 bits per heavy atom. The molecule has 1 aromatic carbocycles. The van der Waals surface area contributed by atoms with Crippen LogP contribution >= 0.6 is 15.9 Å². The summed E-state index contributed by atoms with van der Waals surface area (Å²) < 4.78 is 13.8. The van der Waals surface area contributed by atoms with E-state index in [0.717, 1.165) is 22.2 Å². The average Bonchev–Trinajstić information content (AvgIpc) is 2.10. The van der Waals surface area contributed by atoms with Gasteiger partial charge < -0.3 is 5.32 Å². The van der Waals surface area contributed by atoms with Gasteiger partial charge in [-0.3, -0.25) is 0 Å². The molecule has 0 aliphatic rings. The van der Waals surface area contributed by atoms with E-state index >= 15 is 0 Å². The molecule has 0 saturated heterocycles. The van der Waals surface area contributed by atoms with Crippen molar-refractivity contribution in [2.24, 2.45) is 0 Å². The summed E-state index contributed by atoms with van der Waals surface area (Å²) in [5.41, 5.74) is 1.99. The van der Waals surface area contributed by atoms with Crippen molar-refractivity contribution in [3.63, 3.8) is 0 Å². The van der Waals surface area contributed by atoms with Crippen LogP contribution in [0.15, 0.2) is 34.8 Å². The van der Waals surface area contributed by atoms with E-state index in [1.807, 2.05) is 6.92 Å². The molecule has 0 spiro atoms. The van der Waals surface area contributed by atoms with Crippen LogP contribution in [-0.2, 0) is 6.54 Å². The molecule has 0 bridgehead atoms. The van der Waals surface area contributed by atoms with Gasteiger partial charge in [-0.1, -0.05) is 28.1 Å². The fourth-order valence-electron chi connectivity index (χ4n) is 1.09. The van der Waals surface area contributed by atoms with E-state index in [9.17, 15) is 4.39 Å². The van der Waals surface area contributed by atoms with Crippen LogP contribution in [-0.4, -0.2) is 6.54 Å². The number of hydrogen-bond donors (Lipinski definition) is 1. The van der Waals surface area contributed by atoms with Gasteiger partial charge in [-0.25, -0.2) is 4.39 Å². The molecule has 0 aromatic heterocycles. The Bertz CT molecular complexity index is 336. The van der Waals surface area contributed by atoms with Gasteiger partial charge in [0.1, 0.15) is 5.82 Å². The molecule has 1 N–H and O–H groups in total. The van der Waals surface area contributed by atoms with Crippen molar-refractivity contribution >= 4 is 15.9 Å². The third kappa shape index (κ3) is 3.60. The van der Waals surface area contributed by atoms with Crippen LogP contribution in [0.2, 0.25) is 0 Å². The van der Waals surface area contributed by atoms with E-state index in [4.69, 9.17) is 0 Å².